The van der Waals surface area contributed by atoms with Gasteiger partial charge < -0.3 is 14.4 Å². The van der Waals surface area contributed by atoms with E-state index in [-0.39, 0.29) is 24.2 Å². The molecule has 2 heterocycles. The number of piperidine rings is 1. The summed E-state index contributed by atoms with van der Waals surface area (Å²) in [5, 5.41) is 0. The largest absolute Gasteiger partial charge is 0.468 e. The van der Waals surface area contributed by atoms with E-state index in [1.54, 1.807) is 4.90 Å². The van der Waals surface area contributed by atoms with E-state index in [9.17, 15) is 22.8 Å². The molecule has 0 spiro atoms. The number of rotatable bonds is 8. The fourth-order valence-electron chi connectivity index (χ4n) is 6.55. The van der Waals surface area contributed by atoms with Crippen molar-refractivity contribution in [3.8, 4) is 0 Å². The Morgan fingerprint density at radius 2 is 1.65 bits per heavy atom. The van der Waals surface area contributed by atoms with Crippen LogP contribution in [0.4, 0.5) is 18.0 Å². The Balaban J connectivity index is 1.27. The molecular formula is C36H42F3N3O4. The van der Waals surface area contributed by atoms with Crippen LogP contribution in [0.15, 0.2) is 54.7 Å². The average molecular weight is 638 g/mol. The third kappa shape index (κ3) is 7.53. The first-order chi connectivity index (χ1) is 21.8. The Bertz CT molecular complexity index is 1540. The maximum absolute atomic E-state index is 14.0. The molecule has 46 heavy (non-hydrogen) atoms. The quantitative estimate of drug-likeness (QED) is 0.237. The molecule has 2 fully saturated rings. The van der Waals surface area contributed by atoms with Crippen molar-refractivity contribution in [3.63, 3.8) is 0 Å². The number of halogens is 3. The SMILES string of the molecule is COC(=O)C1(c2ccccc2CCc2nc(Cc3ccc(C4CCN(C(=O)OC(C)(C)C)CC4)cc3)ncc2C(F)(F)F)CCC1. The second-order valence-electron chi connectivity index (χ2n) is 13.4. The van der Waals surface area contributed by atoms with Gasteiger partial charge >= 0.3 is 18.2 Å². The summed E-state index contributed by atoms with van der Waals surface area (Å²) in [5.74, 6) is 0.325. The number of methoxy groups -OCH3 is 1. The van der Waals surface area contributed by atoms with Gasteiger partial charge in [0.15, 0.2) is 0 Å². The second-order valence-corrected chi connectivity index (χ2v) is 13.4. The van der Waals surface area contributed by atoms with Crippen LogP contribution >= 0.6 is 0 Å². The molecule has 1 aliphatic carbocycles. The molecule has 0 N–H and O–H groups in total. The third-order valence-corrected chi connectivity index (χ3v) is 9.13. The van der Waals surface area contributed by atoms with Crippen LogP contribution in [-0.4, -0.2) is 52.7 Å². The molecule has 5 rings (SSSR count). The van der Waals surface area contributed by atoms with Crippen molar-refractivity contribution in [1.82, 2.24) is 14.9 Å². The lowest BCUT2D eigenvalue weighted by atomic mass is 9.63. The standard InChI is InChI=1S/C36H42F3N3O4/c1-34(2,3)46-33(44)42-20-16-26(17-21-42)25-12-10-24(11-13-25)22-31-40-23-29(36(37,38)39)30(41-31)15-14-27-8-5-6-9-28(27)35(18-7-19-35)32(43)45-4/h5-6,8-13,23,26H,7,14-22H2,1-4H3. The van der Waals surface area contributed by atoms with Crippen LogP contribution in [-0.2, 0) is 45.1 Å². The molecule has 2 aliphatic rings. The van der Waals surface area contributed by atoms with Crippen LogP contribution < -0.4 is 0 Å². The fourth-order valence-corrected chi connectivity index (χ4v) is 6.55. The van der Waals surface area contributed by atoms with Crippen LogP contribution in [0.2, 0.25) is 0 Å². The highest BCUT2D eigenvalue weighted by molar-refractivity contribution is 5.84. The number of aromatic nitrogens is 2. The normalized spacial score (nSPS) is 16.9. The Kier molecular flexibility index (Phi) is 9.75. The van der Waals surface area contributed by atoms with Crippen molar-refractivity contribution >= 4 is 12.1 Å². The smallest absolute Gasteiger partial charge is 0.419 e. The topological polar surface area (TPSA) is 81.6 Å². The molecule has 1 amide bonds. The number of benzene rings is 2. The summed E-state index contributed by atoms with van der Waals surface area (Å²) in [6.45, 7) is 6.81. The molecule has 2 aromatic carbocycles. The van der Waals surface area contributed by atoms with Crippen LogP contribution in [0.25, 0.3) is 0 Å². The molecular weight excluding hydrogens is 595 g/mol. The second kappa shape index (κ2) is 13.4. The Morgan fingerprint density at radius 1 is 0.978 bits per heavy atom. The van der Waals surface area contributed by atoms with Gasteiger partial charge in [0.1, 0.15) is 11.4 Å². The van der Waals surface area contributed by atoms with Gasteiger partial charge in [-0.15, -0.1) is 0 Å². The zero-order valence-electron chi connectivity index (χ0n) is 27.0. The van der Waals surface area contributed by atoms with E-state index >= 15 is 0 Å². The van der Waals surface area contributed by atoms with Gasteiger partial charge in [-0.05, 0) is 87.5 Å². The highest BCUT2D eigenvalue weighted by atomic mass is 19.4. The minimum Gasteiger partial charge on any atom is -0.468 e. The van der Waals surface area contributed by atoms with Crippen molar-refractivity contribution in [2.75, 3.05) is 20.2 Å². The van der Waals surface area contributed by atoms with E-state index < -0.39 is 22.8 Å². The summed E-state index contributed by atoms with van der Waals surface area (Å²) in [4.78, 5) is 35.4. The number of nitrogens with zero attached hydrogens (tertiary/aromatic N) is 3. The zero-order valence-corrected chi connectivity index (χ0v) is 27.0. The van der Waals surface area contributed by atoms with Crippen molar-refractivity contribution < 1.29 is 32.2 Å². The Hall–Kier alpha value is -3.95. The number of esters is 1. The first kappa shape index (κ1) is 33.4. The Labute approximate surface area is 268 Å². The first-order valence-electron chi connectivity index (χ1n) is 15.9. The molecule has 3 aromatic rings. The van der Waals surface area contributed by atoms with Gasteiger partial charge in [0.05, 0.1) is 23.8 Å². The molecule has 0 atom stereocenters. The minimum absolute atomic E-state index is 0.0543. The Morgan fingerprint density at radius 3 is 2.24 bits per heavy atom. The minimum atomic E-state index is -4.59. The van der Waals surface area contributed by atoms with E-state index in [1.165, 1.54) is 7.11 Å². The van der Waals surface area contributed by atoms with Crippen LogP contribution in [0.1, 0.15) is 98.1 Å². The molecule has 1 saturated carbocycles. The fraction of sp³-hybridized carbons (Fsp3) is 0.500. The van der Waals surface area contributed by atoms with E-state index in [0.29, 0.717) is 50.5 Å². The molecule has 7 nitrogen and oxygen atoms in total. The highest BCUT2D eigenvalue weighted by Gasteiger charge is 2.47. The monoisotopic (exact) mass is 637 g/mol. The van der Waals surface area contributed by atoms with Gasteiger partial charge in [-0.2, -0.15) is 13.2 Å². The lowest BCUT2D eigenvalue weighted by Gasteiger charge is -2.40. The number of hydrogen-bond donors (Lipinski definition) is 0. The summed E-state index contributed by atoms with van der Waals surface area (Å²) in [6.07, 6.45) is 0.531. The first-order valence-corrected chi connectivity index (χ1v) is 15.9. The summed E-state index contributed by atoms with van der Waals surface area (Å²) in [7, 11) is 1.37. The third-order valence-electron chi connectivity index (χ3n) is 9.13. The molecule has 0 bridgehead atoms. The van der Waals surface area contributed by atoms with E-state index in [1.807, 2.05) is 69.3 Å². The van der Waals surface area contributed by atoms with Crippen molar-refractivity contribution in [2.24, 2.45) is 0 Å². The van der Waals surface area contributed by atoms with E-state index in [0.717, 1.165) is 47.7 Å². The van der Waals surface area contributed by atoms with Crippen LogP contribution in [0, 0.1) is 0 Å². The molecule has 1 saturated heterocycles. The lowest BCUT2D eigenvalue weighted by Crippen LogP contribution is -2.44. The average Bonchev–Trinajstić information content (AvgIpc) is 2.99. The van der Waals surface area contributed by atoms with E-state index in [4.69, 9.17) is 9.47 Å². The van der Waals surface area contributed by atoms with E-state index in [2.05, 4.69) is 9.97 Å². The number of carbonyl (C=O) groups is 2. The van der Waals surface area contributed by atoms with Crippen LogP contribution in [0.3, 0.4) is 0 Å². The highest BCUT2D eigenvalue weighted by Crippen LogP contribution is 2.46. The number of likely N-dealkylation sites (tertiary alicyclic amines) is 1. The summed E-state index contributed by atoms with van der Waals surface area (Å²) in [6, 6.07) is 15.5. The number of carbonyl (C=O) groups excluding carboxylic acids is 2. The zero-order chi connectivity index (χ0) is 33.1. The van der Waals surface area contributed by atoms with Crippen molar-refractivity contribution in [1.29, 1.82) is 0 Å². The predicted molar refractivity (Wildman–Crippen MR) is 167 cm³/mol. The maximum Gasteiger partial charge on any atom is 0.419 e. The van der Waals surface area contributed by atoms with Gasteiger partial charge in [0.25, 0.3) is 0 Å². The van der Waals surface area contributed by atoms with Gasteiger partial charge in [0.2, 0.25) is 0 Å². The summed E-state index contributed by atoms with van der Waals surface area (Å²) < 4.78 is 52.6. The van der Waals surface area contributed by atoms with Gasteiger partial charge in [-0.1, -0.05) is 55.0 Å². The van der Waals surface area contributed by atoms with Crippen LogP contribution in [0.5, 0.6) is 0 Å². The number of alkyl halides is 3. The van der Waals surface area contributed by atoms with Gasteiger partial charge in [0, 0.05) is 25.7 Å². The summed E-state index contributed by atoms with van der Waals surface area (Å²) in [5.41, 5.74) is 1.55. The van der Waals surface area contributed by atoms with Gasteiger partial charge in [-0.3, -0.25) is 4.79 Å². The molecule has 10 heteroatoms. The number of hydrogen-bond acceptors (Lipinski definition) is 6. The molecule has 246 valence electrons. The summed E-state index contributed by atoms with van der Waals surface area (Å²) >= 11 is 0. The number of amides is 1. The molecule has 0 radical (unpaired) electrons. The molecule has 1 aliphatic heterocycles. The number of ether oxygens (including phenoxy) is 2. The van der Waals surface area contributed by atoms with Crippen molar-refractivity contribution in [2.45, 2.75) is 95.2 Å². The lowest BCUT2D eigenvalue weighted by molar-refractivity contribution is -0.151. The number of aryl methyl sites for hydroxylation is 2. The maximum atomic E-state index is 14.0. The molecule has 0 unspecified atom stereocenters. The van der Waals surface area contributed by atoms with Crippen molar-refractivity contribution in [3.05, 3.63) is 94.1 Å². The van der Waals surface area contributed by atoms with Gasteiger partial charge in [-0.25, -0.2) is 14.8 Å². The molecule has 1 aromatic heterocycles. The predicted octanol–water partition coefficient (Wildman–Crippen LogP) is 7.58.